The number of benzene rings is 1. The predicted molar refractivity (Wildman–Crippen MR) is 106 cm³/mol. The lowest BCUT2D eigenvalue weighted by Gasteiger charge is -2.30. The van der Waals surface area contributed by atoms with Gasteiger partial charge in [0.1, 0.15) is 11.5 Å². The first-order valence-electron chi connectivity index (χ1n) is 9.79. The molecule has 1 fully saturated rings. The molecule has 4 rings (SSSR count). The fourth-order valence-electron chi connectivity index (χ4n) is 4.00. The maximum atomic E-state index is 13.0. The van der Waals surface area contributed by atoms with Crippen LogP contribution in [0.4, 0.5) is 11.4 Å². The van der Waals surface area contributed by atoms with Crippen molar-refractivity contribution in [1.82, 2.24) is 19.1 Å². The highest BCUT2D eigenvalue weighted by Gasteiger charge is 2.30. The normalized spacial score (nSPS) is 19.8. The van der Waals surface area contributed by atoms with E-state index in [4.69, 9.17) is 0 Å². The van der Waals surface area contributed by atoms with Gasteiger partial charge in [0.25, 0.3) is 5.69 Å². The molecule has 156 valence electrons. The van der Waals surface area contributed by atoms with E-state index in [1.165, 1.54) is 16.4 Å². The quantitative estimate of drug-likeness (QED) is 0.561. The molecule has 1 aromatic heterocycles. The molecule has 2 aliphatic rings. The first-order valence-corrected chi connectivity index (χ1v) is 11.2. The van der Waals surface area contributed by atoms with Gasteiger partial charge < -0.3 is 9.88 Å². The van der Waals surface area contributed by atoms with Crippen LogP contribution in [0.3, 0.4) is 0 Å². The van der Waals surface area contributed by atoms with Gasteiger partial charge >= 0.3 is 0 Å². The Balaban J connectivity index is 1.57. The van der Waals surface area contributed by atoms with Crippen LogP contribution in [-0.4, -0.2) is 45.5 Å². The van der Waals surface area contributed by atoms with Crippen molar-refractivity contribution >= 4 is 21.4 Å². The van der Waals surface area contributed by atoms with Crippen LogP contribution in [0.1, 0.15) is 37.8 Å². The summed E-state index contributed by atoms with van der Waals surface area (Å²) in [5, 5.41) is 22.9. The molecule has 1 atom stereocenters. The molecule has 1 unspecified atom stereocenters. The second kappa shape index (κ2) is 7.71. The molecule has 2 aromatic rings. The fraction of sp³-hybridized carbons (Fsp3) is 0.556. The maximum Gasteiger partial charge on any atom is 0.293 e. The van der Waals surface area contributed by atoms with Crippen molar-refractivity contribution in [3.05, 3.63) is 40.0 Å². The number of hydrogen-bond donors (Lipinski definition) is 1. The van der Waals surface area contributed by atoms with Crippen LogP contribution in [0, 0.1) is 16.0 Å². The zero-order valence-corrected chi connectivity index (χ0v) is 17.1. The summed E-state index contributed by atoms with van der Waals surface area (Å²) < 4.78 is 29.3. The Morgan fingerprint density at radius 1 is 1.28 bits per heavy atom. The summed E-state index contributed by atoms with van der Waals surface area (Å²) in [6, 6.07) is 4.03. The first-order chi connectivity index (χ1) is 13.9. The molecular formula is C18H24N6O4S. The summed E-state index contributed by atoms with van der Waals surface area (Å²) >= 11 is 0. The van der Waals surface area contributed by atoms with Crippen molar-refractivity contribution in [1.29, 1.82) is 0 Å². The zero-order valence-electron chi connectivity index (χ0n) is 16.2. The number of nitro benzene ring substituents is 1. The van der Waals surface area contributed by atoms with E-state index < -0.39 is 14.9 Å². The largest absolute Gasteiger partial charge is 0.372 e. The summed E-state index contributed by atoms with van der Waals surface area (Å²) in [7, 11) is -3.76. The third kappa shape index (κ3) is 3.84. The van der Waals surface area contributed by atoms with Crippen LogP contribution in [-0.2, 0) is 29.5 Å². The van der Waals surface area contributed by atoms with E-state index in [0.717, 1.165) is 44.1 Å². The van der Waals surface area contributed by atoms with Crippen molar-refractivity contribution < 1.29 is 13.3 Å². The van der Waals surface area contributed by atoms with E-state index in [1.807, 2.05) is 11.5 Å². The molecule has 11 heteroatoms. The molecule has 2 aliphatic heterocycles. The molecule has 0 bridgehead atoms. The van der Waals surface area contributed by atoms with E-state index in [9.17, 15) is 18.5 Å². The number of anilines is 1. The Morgan fingerprint density at radius 3 is 2.86 bits per heavy atom. The average Bonchev–Trinajstić information content (AvgIpc) is 3.30. The van der Waals surface area contributed by atoms with Gasteiger partial charge in [0.05, 0.1) is 16.4 Å². The molecule has 10 nitrogen and oxygen atoms in total. The lowest BCUT2D eigenvalue weighted by Crippen LogP contribution is -2.39. The van der Waals surface area contributed by atoms with Gasteiger partial charge in [-0.1, -0.05) is 6.92 Å². The number of sulfonamides is 1. The van der Waals surface area contributed by atoms with E-state index in [2.05, 4.69) is 15.5 Å². The van der Waals surface area contributed by atoms with Gasteiger partial charge in [-0.25, -0.2) is 8.42 Å². The topological polar surface area (TPSA) is 123 Å². The van der Waals surface area contributed by atoms with Crippen LogP contribution in [0.25, 0.3) is 0 Å². The van der Waals surface area contributed by atoms with Crippen molar-refractivity contribution in [3.8, 4) is 0 Å². The van der Waals surface area contributed by atoms with Gasteiger partial charge in [0.2, 0.25) is 10.0 Å². The molecule has 1 N–H and O–H groups in total. The number of nitrogens with zero attached hydrogens (tertiary/aromatic N) is 5. The fourth-order valence-corrected chi connectivity index (χ4v) is 5.62. The Kier molecular flexibility index (Phi) is 5.26. The lowest BCUT2D eigenvalue weighted by molar-refractivity contribution is -0.384. The number of nitrogens with one attached hydrogen (secondary N) is 1. The van der Waals surface area contributed by atoms with Crippen LogP contribution in [0.5, 0.6) is 0 Å². The second-order valence-electron chi connectivity index (χ2n) is 7.69. The molecular weight excluding hydrogens is 396 g/mol. The van der Waals surface area contributed by atoms with Crippen molar-refractivity contribution in [2.45, 2.75) is 50.6 Å². The Hall–Kier alpha value is -2.53. The average molecular weight is 420 g/mol. The van der Waals surface area contributed by atoms with Crippen LogP contribution >= 0.6 is 0 Å². The van der Waals surface area contributed by atoms with Crippen LogP contribution in [0.15, 0.2) is 23.1 Å². The molecule has 0 aliphatic carbocycles. The highest BCUT2D eigenvalue weighted by molar-refractivity contribution is 7.89. The van der Waals surface area contributed by atoms with Crippen LogP contribution < -0.4 is 5.32 Å². The van der Waals surface area contributed by atoms with Crippen molar-refractivity contribution in [2.75, 3.05) is 18.4 Å². The second-order valence-corrected chi connectivity index (χ2v) is 9.63. The number of nitro groups is 1. The van der Waals surface area contributed by atoms with Gasteiger partial charge in [0, 0.05) is 32.1 Å². The van der Waals surface area contributed by atoms with Crippen molar-refractivity contribution in [3.63, 3.8) is 0 Å². The molecule has 0 spiro atoms. The minimum absolute atomic E-state index is 0.0489. The smallest absolute Gasteiger partial charge is 0.293 e. The summed E-state index contributed by atoms with van der Waals surface area (Å²) in [6.07, 6.45) is 3.68. The van der Waals surface area contributed by atoms with Gasteiger partial charge in [-0.15, -0.1) is 10.2 Å². The molecule has 0 radical (unpaired) electrons. The third-order valence-corrected chi connectivity index (χ3v) is 7.41. The number of aromatic nitrogens is 3. The maximum absolute atomic E-state index is 13.0. The number of fused-ring (bicyclic) bond motifs is 1. The minimum Gasteiger partial charge on any atom is -0.372 e. The number of piperidine rings is 1. The summed E-state index contributed by atoms with van der Waals surface area (Å²) in [6.45, 7) is 4.02. The number of aryl methyl sites for hydroxylation is 1. The number of rotatable bonds is 6. The Labute approximate surface area is 169 Å². The third-order valence-electron chi connectivity index (χ3n) is 5.55. The Morgan fingerprint density at radius 2 is 2.10 bits per heavy atom. The van der Waals surface area contributed by atoms with Gasteiger partial charge in [-0.3, -0.25) is 10.1 Å². The highest BCUT2D eigenvalue weighted by atomic mass is 32.2. The molecule has 3 heterocycles. The lowest BCUT2D eigenvalue weighted by atomic mass is 10.0. The molecule has 1 saturated heterocycles. The SMILES string of the molecule is CC1CCCN(S(=O)(=O)c2ccc(NCc3nnc4n3CCC4)c([N+](=O)[O-])c2)C1. The van der Waals surface area contributed by atoms with E-state index in [-0.39, 0.29) is 28.7 Å². The van der Waals surface area contributed by atoms with E-state index in [0.29, 0.717) is 18.9 Å². The first kappa shape index (κ1) is 19.8. The number of hydrogen-bond acceptors (Lipinski definition) is 7. The van der Waals surface area contributed by atoms with Crippen molar-refractivity contribution in [2.24, 2.45) is 5.92 Å². The minimum atomic E-state index is -3.76. The Bertz CT molecular complexity index is 1030. The van der Waals surface area contributed by atoms with Gasteiger partial charge in [0.15, 0.2) is 5.82 Å². The van der Waals surface area contributed by atoms with Gasteiger partial charge in [-0.05, 0) is 37.3 Å². The van der Waals surface area contributed by atoms with E-state index >= 15 is 0 Å². The predicted octanol–water partition coefficient (Wildman–Crippen LogP) is 2.17. The summed E-state index contributed by atoms with van der Waals surface area (Å²) in [4.78, 5) is 11.0. The summed E-state index contributed by atoms with van der Waals surface area (Å²) in [5.41, 5.74) is -0.00592. The highest BCUT2D eigenvalue weighted by Crippen LogP contribution is 2.31. The monoisotopic (exact) mass is 420 g/mol. The molecule has 1 aromatic carbocycles. The summed E-state index contributed by atoms with van der Waals surface area (Å²) in [5.74, 6) is 1.92. The molecule has 0 amide bonds. The van der Waals surface area contributed by atoms with Crippen LogP contribution in [0.2, 0.25) is 0 Å². The molecule has 29 heavy (non-hydrogen) atoms. The standard InChI is InChI=1S/C18H24N6O4S/c1-13-4-2-8-22(12-13)29(27,28)14-6-7-15(16(10-14)24(25)26)19-11-18-21-20-17-5-3-9-23(17)18/h6-7,10,13,19H,2-5,8-9,11-12H2,1H3. The van der Waals surface area contributed by atoms with E-state index in [1.54, 1.807) is 0 Å². The molecule has 0 saturated carbocycles. The van der Waals surface area contributed by atoms with Gasteiger partial charge in [-0.2, -0.15) is 4.31 Å². The zero-order chi connectivity index (χ0) is 20.6.